The Morgan fingerprint density at radius 1 is 1.00 bits per heavy atom. The van der Waals surface area contributed by atoms with Gasteiger partial charge in [-0.25, -0.2) is 13.1 Å². The molecule has 0 heterocycles. The summed E-state index contributed by atoms with van der Waals surface area (Å²) in [7, 11) is -0.105. The molecule has 0 saturated heterocycles. The summed E-state index contributed by atoms with van der Waals surface area (Å²) in [5.74, 6) is 1.03. The van der Waals surface area contributed by atoms with Gasteiger partial charge in [0.1, 0.15) is 0 Å². The van der Waals surface area contributed by atoms with Crippen LogP contribution in [0.25, 0.3) is 0 Å². The number of guanidine groups is 1. The summed E-state index contributed by atoms with van der Waals surface area (Å²) in [6.45, 7) is 4.75. The number of nitrogens with zero attached hydrogens (tertiary/aromatic N) is 1. The van der Waals surface area contributed by atoms with Gasteiger partial charge in [-0.15, -0.1) is 0 Å². The Balaban J connectivity index is 1.70. The molecule has 1 atom stereocenters. The highest BCUT2D eigenvalue weighted by molar-refractivity contribution is 7.88. The normalized spacial score (nSPS) is 13.1. The van der Waals surface area contributed by atoms with Crippen molar-refractivity contribution >= 4 is 16.0 Å². The first-order valence-corrected chi connectivity index (χ1v) is 11.6. The summed E-state index contributed by atoms with van der Waals surface area (Å²) in [6, 6.07) is 17.6. The summed E-state index contributed by atoms with van der Waals surface area (Å²) < 4.78 is 31.3. The minimum absolute atomic E-state index is 0.0232. The lowest BCUT2D eigenvalue weighted by molar-refractivity contribution is 0.0931. The molecule has 0 aliphatic rings. The van der Waals surface area contributed by atoms with Gasteiger partial charge in [0.05, 0.1) is 19.0 Å². The maximum absolute atomic E-state index is 11.6. The zero-order valence-corrected chi connectivity index (χ0v) is 18.7. The van der Waals surface area contributed by atoms with Crippen LogP contribution in [-0.2, 0) is 33.7 Å². The summed E-state index contributed by atoms with van der Waals surface area (Å²) >= 11 is 0. The minimum atomic E-state index is -3.26. The third-order valence-corrected chi connectivity index (χ3v) is 5.84. The van der Waals surface area contributed by atoms with Crippen LogP contribution in [0.3, 0.4) is 0 Å². The van der Waals surface area contributed by atoms with Crippen molar-refractivity contribution in [3.8, 4) is 0 Å². The van der Waals surface area contributed by atoms with Gasteiger partial charge >= 0.3 is 0 Å². The highest BCUT2D eigenvalue weighted by atomic mass is 32.2. The average molecular weight is 433 g/mol. The Morgan fingerprint density at radius 3 is 2.30 bits per heavy atom. The lowest BCUT2D eigenvalue weighted by Gasteiger charge is -2.16. The largest absolute Gasteiger partial charge is 0.376 e. The van der Waals surface area contributed by atoms with Crippen LogP contribution in [0.15, 0.2) is 59.6 Å². The molecule has 2 aromatic rings. The molecule has 1 unspecified atom stereocenters. The quantitative estimate of drug-likeness (QED) is 0.374. The number of aliphatic imine (C=N–C) groups is 1. The fraction of sp³-hybridized carbons (Fsp3) is 0.409. The topological polar surface area (TPSA) is 91.8 Å². The Labute approximate surface area is 180 Å². The number of benzene rings is 2. The van der Waals surface area contributed by atoms with Crippen LogP contribution >= 0.6 is 0 Å². The number of hydrogen-bond acceptors (Lipinski definition) is 4. The molecule has 0 amide bonds. The van der Waals surface area contributed by atoms with Crippen LogP contribution in [-0.4, -0.2) is 41.6 Å². The molecule has 0 spiro atoms. The molecule has 164 valence electrons. The van der Waals surface area contributed by atoms with Crippen molar-refractivity contribution in [2.75, 3.05) is 27.2 Å². The first-order valence-electron chi connectivity index (χ1n) is 9.97. The van der Waals surface area contributed by atoms with E-state index in [1.165, 1.54) is 12.6 Å². The third kappa shape index (κ3) is 8.94. The average Bonchev–Trinajstić information content (AvgIpc) is 2.75. The maximum Gasteiger partial charge on any atom is 0.215 e. The molecule has 3 N–H and O–H groups in total. The molecule has 2 aromatic carbocycles. The van der Waals surface area contributed by atoms with E-state index in [1.807, 2.05) is 42.5 Å². The van der Waals surface area contributed by atoms with Gasteiger partial charge in [0.25, 0.3) is 0 Å². The zero-order chi connectivity index (χ0) is 21.8. The van der Waals surface area contributed by atoms with Crippen LogP contribution in [0.4, 0.5) is 0 Å². The van der Waals surface area contributed by atoms with Crippen LogP contribution in [0.2, 0.25) is 0 Å². The molecule has 0 aliphatic carbocycles. The van der Waals surface area contributed by atoms with Gasteiger partial charge in [-0.05, 0) is 29.7 Å². The van der Waals surface area contributed by atoms with E-state index in [4.69, 9.17) is 4.74 Å². The minimum Gasteiger partial charge on any atom is -0.376 e. The smallest absolute Gasteiger partial charge is 0.215 e. The summed E-state index contributed by atoms with van der Waals surface area (Å²) in [6.07, 6.45) is 0. The number of ether oxygens (including phenoxy) is 1. The van der Waals surface area contributed by atoms with E-state index in [0.29, 0.717) is 31.6 Å². The Kier molecular flexibility index (Phi) is 9.79. The van der Waals surface area contributed by atoms with Crippen molar-refractivity contribution in [3.63, 3.8) is 0 Å². The second-order valence-electron chi connectivity index (χ2n) is 7.19. The van der Waals surface area contributed by atoms with Crippen LogP contribution in [0.1, 0.15) is 23.6 Å². The lowest BCUT2D eigenvalue weighted by atomic mass is 10.1. The van der Waals surface area contributed by atoms with Crippen molar-refractivity contribution in [2.24, 2.45) is 10.9 Å². The molecule has 7 nitrogen and oxygen atoms in total. The molecule has 0 aliphatic heterocycles. The van der Waals surface area contributed by atoms with Gasteiger partial charge in [-0.2, -0.15) is 0 Å². The van der Waals surface area contributed by atoms with E-state index in [9.17, 15) is 8.42 Å². The predicted octanol–water partition coefficient (Wildman–Crippen LogP) is 2.25. The van der Waals surface area contributed by atoms with Crippen molar-refractivity contribution in [1.82, 2.24) is 15.4 Å². The van der Waals surface area contributed by atoms with Gasteiger partial charge in [0, 0.05) is 20.1 Å². The molecule has 2 rings (SSSR count). The summed E-state index contributed by atoms with van der Waals surface area (Å²) in [5, 5.41) is 6.58. The van der Waals surface area contributed by atoms with Crippen LogP contribution < -0.4 is 15.4 Å². The van der Waals surface area contributed by atoms with E-state index >= 15 is 0 Å². The van der Waals surface area contributed by atoms with E-state index < -0.39 is 10.0 Å². The van der Waals surface area contributed by atoms with Gasteiger partial charge in [0.15, 0.2) is 5.96 Å². The second-order valence-corrected chi connectivity index (χ2v) is 9.12. The SMILES string of the molecule is CN=C(NCc1ccc(CS(=O)(=O)NC)cc1)NCC(C)COCc1ccccc1. The Hall–Kier alpha value is -2.42. The number of hydrogen-bond donors (Lipinski definition) is 3. The fourth-order valence-corrected chi connectivity index (χ4v) is 3.51. The van der Waals surface area contributed by atoms with Gasteiger partial charge in [-0.3, -0.25) is 4.99 Å². The van der Waals surface area contributed by atoms with Crippen LogP contribution in [0, 0.1) is 5.92 Å². The van der Waals surface area contributed by atoms with Crippen molar-refractivity contribution in [2.45, 2.75) is 25.8 Å². The molecule has 30 heavy (non-hydrogen) atoms. The van der Waals surface area contributed by atoms with Gasteiger partial charge < -0.3 is 15.4 Å². The monoisotopic (exact) mass is 432 g/mol. The van der Waals surface area contributed by atoms with Gasteiger partial charge in [0.2, 0.25) is 10.0 Å². The van der Waals surface area contributed by atoms with Crippen LogP contribution in [0.5, 0.6) is 0 Å². The first kappa shape index (κ1) is 23.9. The summed E-state index contributed by atoms with van der Waals surface area (Å²) in [4.78, 5) is 4.25. The molecular weight excluding hydrogens is 400 g/mol. The predicted molar refractivity (Wildman–Crippen MR) is 122 cm³/mol. The number of nitrogens with one attached hydrogen (secondary N) is 3. The molecule has 0 aromatic heterocycles. The lowest BCUT2D eigenvalue weighted by Crippen LogP contribution is -2.39. The molecule has 0 radical (unpaired) electrons. The highest BCUT2D eigenvalue weighted by Gasteiger charge is 2.08. The highest BCUT2D eigenvalue weighted by Crippen LogP contribution is 2.08. The van der Waals surface area contributed by atoms with E-state index in [-0.39, 0.29) is 5.75 Å². The number of sulfonamides is 1. The molecular formula is C22H32N4O3S. The number of rotatable bonds is 11. The van der Waals surface area contributed by atoms with Crippen molar-refractivity contribution in [3.05, 3.63) is 71.3 Å². The Bertz CT molecular complexity index is 884. The fourth-order valence-electron chi connectivity index (χ4n) is 2.73. The maximum atomic E-state index is 11.6. The van der Waals surface area contributed by atoms with E-state index in [2.05, 4.69) is 39.4 Å². The molecule has 0 fully saturated rings. The van der Waals surface area contributed by atoms with Gasteiger partial charge in [-0.1, -0.05) is 61.5 Å². The first-order chi connectivity index (χ1) is 14.4. The standard InChI is InChI=1S/C22H32N4O3S/c1-18(15-29-16-20-7-5-4-6-8-20)13-25-22(23-2)26-14-19-9-11-21(12-10-19)17-30(27,28)24-3/h4-12,18,24H,13-17H2,1-3H3,(H2,23,25,26). The second kappa shape index (κ2) is 12.3. The molecule has 0 bridgehead atoms. The summed E-state index contributed by atoms with van der Waals surface area (Å²) in [5.41, 5.74) is 2.97. The molecule has 0 saturated carbocycles. The zero-order valence-electron chi connectivity index (χ0n) is 17.9. The van der Waals surface area contributed by atoms with E-state index in [0.717, 1.165) is 17.7 Å². The van der Waals surface area contributed by atoms with Crippen molar-refractivity contribution < 1.29 is 13.2 Å². The third-order valence-electron chi connectivity index (χ3n) is 4.51. The van der Waals surface area contributed by atoms with Crippen molar-refractivity contribution in [1.29, 1.82) is 0 Å². The Morgan fingerprint density at radius 2 is 1.67 bits per heavy atom. The molecule has 8 heteroatoms. The van der Waals surface area contributed by atoms with E-state index in [1.54, 1.807) is 7.05 Å².